The fourth-order valence-electron chi connectivity index (χ4n) is 1.89. The first kappa shape index (κ1) is 15.1. The van der Waals surface area contributed by atoms with Gasteiger partial charge in [0.2, 0.25) is 0 Å². The molecule has 106 valence electrons. The summed E-state index contributed by atoms with van der Waals surface area (Å²) in [5, 5.41) is 3.03. The van der Waals surface area contributed by atoms with Crippen LogP contribution in [-0.4, -0.2) is 24.1 Å². The van der Waals surface area contributed by atoms with Crippen molar-refractivity contribution in [2.24, 2.45) is 0 Å². The highest BCUT2D eigenvalue weighted by atomic mass is 127. The Bertz CT molecular complexity index is 614. The molecule has 0 radical (unpaired) electrons. The van der Waals surface area contributed by atoms with Crippen molar-refractivity contribution in [1.82, 2.24) is 9.97 Å². The highest BCUT2D eigenvalue weighted by Gasteiger charge is 2.13. The molecule has 4 nitrogen and oxygen atoms in total. The number of rotatable bonds is 4. The first-order chi connectivity index (χ1) is 9.55. The summed E-state index contributed by atoms with van der Waals surface area (Å²) < 4.78 is 19.6. The Labute approximate surface area is 130 Å². The SMILES string of the molecule is CNc1nc(-c2cc(C)cc(F)c2)nc(COC)c1I. The zero-order valence-electron chi connectivity index (χ0n) is 11.5. The third-order valence-electron chi connectivity index (χ3n) is 2.74. The Balaban J connectivity index is 2.58. The molecule has 0 bridgehead atoms. The number of ether oxygens (including phenoxy) is 1. The molecule has 0 fully saturated rings. The van der Waals surface area contributed by atoms with Crippen molar-refractivity contribution < 1.29 is 9.13 Å². The second-order valence-corrected chi connectivity index (χ2v) is 5.44. The van der Waals surface area contributed by atoms with Gasteiger partial charge in [-0.05, 0) is 53.3 Å². The molecule has 0 aliphatic carbocycles. The zero-order valence-corrected chi connectivity index (χ0v) is 13.7. The largest absolute Gasteiger partial charge is 0.378 e. The monoisotopic (exact) mass is 387 g/mol. The van der Waals surface area contributed by atoms with E-state index in [4.69, 9.17) is 4.74 Å². The number of methoxy groups -OCH3 is 1. The maximum absolute atomic E-state index is 13.5. The minimum absolute atomic E-state index is 0.290. The first-order valence-corrected chi connectivity index (χ1v) is 7.13. The fraction of sp³-hybridized carbons (Fsp3) is 0.286. The Morgan fingerprint density at radius 3 is 2.65 bits per heavy atom. The van der Waals surface area contributed by atoms with Crippen molar-refractivity contribution in [3.8, 4) is 11.4 Å². The van der Waals surface area contributed by atoms with Gasteiger partial charge in [0.1, 0.15) is 11.6 Å². The van der Waals surface area contributed by atoms with E-state index in [2.05, 4.69) is 37.9 Å². The van der Waals surface area contributed by atoms with Crippen LogP contribution in [-0.2, 0) is 11.3 Å². The van der Waals surface area contributed by atoms with Gasteiger partial charge in [0.15, 0.2) is 5.82 Å². The fourth-order valence-corrected chi connectivity index (χ4v) is 2.55. The van der Waals surface area contributed by atoms with E-state index < -0.39 is 0 Å². The molecule has 0 amide bonds. The molecule has 20 heavy (non-hydrogen) atoms. The lowest BCUT2D eigenvalue weighted by molar-refractivity contribution is 0.181. The zero-order chi connectivity index (χ0) is 14.7. The molecule has 0 saturated heterocycles. The lowest BCUT2D eigenvalue weighted by atomic mass is 10.1. The molecule has 1 heterocycles. The van der Waals surface area contributed by atoms with Gasteiger partial charge >= 0.3 is 0 Å². The summed E-state index contributed by atoms with van der Waals surface area (Å²) in [4.78, 5) is 8.91. The molecule has 0 saturated carbocycles. The molecule has 1 aromatic carbocycles. The van der Waals surface area contributed by atoms with E-state index in [1.165, 1.54) is 12.1 Å². The van der Waals surface area contributed by atoms with Crippen LogP contribution in [0.15, 0.2) is 18.2 Å². The molecule has 2 rings (SSSR count). The molecular formula is C14H15FIN3O. The maximum Gasteiger partial charge on any atom is 0.162 e. The average molecular weight is 387 g/mol. The van der Waals surface area contributed by atoms with Crippen LogP contribution in [0.3, 0.4) is 0 Å². The Morgan fingerprint density at radius 2 is 2.05 bits per heavy atom. The highest BCUT2D eigenvalue weighted by molar-refractivity contribution is 14.1. The van der Waals surface area contributed by atoms with Crippen molar-refractivity contribution in [1.29, 1.82) is 0 Å². The summed E-state index contributed by atoms with van der Waals surface area (Å²) in [5.74, 6) is 0.912. The number of nitrogens with one attached hydrogen (secondary N) is 1. The van der Waals surface area contributed by atoms with E-state index in [-0.39, 0.29) is 5.82 Å². The Hall–Kier alpha value is -1.28. The third-order valence-corrected chi connectivity index (χ3v) is 3.87. The number of hydrogen-bond acceptors (Lipinski definition) is 4. The smallest absolute Gasteiger partial charge is 0.162 e. The van der Waals surface area contributed by atoms with Crippen LogP contribution >= 0.6 is 22.6 Å². The molecule has 0 aliphatic heterocycles. The normalized spacial score (nSPS) is 10.7. The molecule has 2 aromatic rings. The first-order valence-electron chi connectivity index (χ1n) is 6.05. The molecule has 0 atom stereocenters. The van der Waals surface area contributed by atoms with Gasteiger partial charge in [0.25, 0.3) is 0 Å². The van der Waals surface area contributed by atoms with Crippen LogP contribution < -0.4 is 5.32 Å². The Kier molecular flexibility index (Phi) is 4.87. The van der Waals surface area contributed by atoms with E-state index in [0.717, 1.165) is 14.8 Å². The second kappa shape index (κ2) is 6.45. The number of anilines is 1. The van der Waals surface area contributed by atoms with E-state index in [1.807, 2.05) is 13.0 Å². The molecule has 1 aromatic heterocycles. The van der Waals surface area contributed by atoms with E-state index in [1.54, 1.807) is 14.2 Å². The van der Waals surface area contributed by atoms with Gasteiger partial charge in [-0.1, -0.05) is 0 Å². The van der Waals surface area contributed by atoms with Crippen molar-refractivity contribution in [2.45, 2.75) is 13.5 Å². The average Bonchev–Trinajstić information content (AvgIpc) is 2.40. The third kappa shape index (κ3) is 3.24. The summed E-state index contributed by atoms with van der Waals surface area (Å²) in [6.45, 7) is 2.23. The molecule has 6 heteroatoms. The van der Waals surface area contributed by atoms with Gasteiger partial charge in [-0.2, -0.15) is 0 Å². The highest BCUT2D eigenvalue weighted by Crippen LogP contribution is 2.25. The van der Waals surface area contributed by atoms with Gasteiger partial charge in [-0.25, -0.2) is 14.4 Å². The van der Waals surface area contributed by atoms with Crippen LogP contribution in [0.4, 0.5) is 10.2 Å². The van der Waals surface area contributed by atoms with Gasteiger partial charge in [0, 0.05) is 19.7 Å². The molecular weight excluding hydrogens is 372 g/mol. The summed E-state index contributed by atoms with van der Waals surface area (Å²) >= 11 is 2.17. The van der Waals surface area contributed by atoms with E-state index >= 15 is 0 Å². The predicted octanol–water partition coefficient (Wildman–Crippen LogP) is 3.38. The lowest BCUT2D eigenvalue weighted by Crippen LogP contribution is -2.06. The van der Waals surface area contributed by atoms with E-state index in [0.29, 0.717) is 23.8 Å². The molecule has 0 spiro atoms. The minimum Gasteiger partial charge on any atom is -0.378 e. The van der Waals surface area contributed by atoms with Crippen molar-refractivity contribution >= 4 is 28.4 Å². The molecule has 1 N–H and O–H groups in total. The molecule has 0 unspecified atom stereocenters. The van der Waals surface area contributed by atoms with Crippen molar-refractivity contribution in [2.75, 3.05) is 19.5 Å². The summed E-state index contributed by atoms with van der Waals surface area (Å²) in [5.41, 5.74) is 2.28. The molecule has 0 aliphatic rings. The van der Waals surface area contributed by atoms with Crippen LogP contribution in [0.5, 0.6) is 0 Å². The number of halogens is 2. The summed E-state index contributed by atoms with van der Waals surface area (Å²) in [6, 6.07) is 4.78. The predicted molar refractivity (Wildman–Crippen MR) is 85.1 cm³/mol. The van der Waals surface area contributed by atoms with Gasteiger partial charge in [0.05, 0.1) is 15.9 Å². The van der Waals surface area contributed by atoms with Crippen LogP contribution in [0.25, 0.3) is 11.4 Å². The van der Waals surface area contributed by atoms with Crippen molar-refractivity contribution in [3.05, 3.63) is 38.8 Å². The number of aryl methyl sites for hydroxylation is 1. The van der Waals surface area contributed by atoms with Gasteiger partial charge in [-0.3, -0.25) is 0 Å². The topological polar surface area (TPSA) is 47.0 Å². The van der Waals surface area contributed by atoms with Crippen molar-refractivity contribution in [3.63, 3.8) is 0 Å². The number of hydrogen-bond donors (Lipinski definition) is 1. The number of nitrogens with zero attached hydrogens (tertiary/aromatic N) is 2. The quantitative estimate of drug-likeness (QED) is 0.818. The van der Waals surface area contributed by atoms with Crippen LogP contribution in [0.2, 0.25) is 0 Å². The van der Waals surface area contributed by atoms with E-state index in [9.17, 15) is 4.39 Å². The van der Waals surface area contributed by atoms with Crippen LogP contribution in [0, 0.1) is 16.3 Å². The minimum atomic E-state index is -0.290. The maximum atomic E-state index is 13.5. The standard InChI is InChI=1S/C14H15FIN3O/c1-8-4-9(6-10(15)5-8)13-18-11(7-20-3)12(16)14(17-2)19-13/h4-6H,7H2,1-3H3,(H,17,18,19). The summed E-state index contributed by atoms with van der Waals surface area (Å²) in [6.07, 6.45) is 0. The lowest BCUT2D eigenvalue weighted by Gasteiger charge is -2.11. The summed E-state index contributed by atoms with van der Waals surface area (Å²) in [7, 11) is 3.41. The second-order valence-electron chi connectivity index (χ2n) is 4.36. The van der Waals surface area contributed by atoms with Crippen LogP contribution in [0.1, 0.15) is 11.3 Å². The van der Waals surface area contributed by atoms with Gasteiger partial charge < -0.3 is 10.1 Å². The Morgan fingerprint density at radius 1 is 1.30 bits per heavy atom. The number of aromatic nitrogens is 2. The number of benzene rings is 1. The van der Waals surface area contributed by atoms with Gasteiger partial charge in [-0.15, -0.1) is 0 Å².